The molecule has 0 bridgehead atoms. The minimum absolute atomic E-state index is 0.000236. The average Bonchev–Trinajstić information content (AvgIpc) is 3.07. The molecule has 6 nitrogen and oxygen atoms in total. The van der Waals surface area contributed by atoms with Crippen LogP contribution in [0.25, 0.3) is 0 Å². The van der Waals surface area contributed by atoms with Crippen LogP contribution in [0.1, 0.15) is 17.8 Å². The van der Waals surface area contributed by atoms with Crippen molar-refractivity contribution in [2.24, 2.45) is 5.92 Å². The topological polar surface area (TPSA) is 76.2 Å². The number of aromatic nitrogens is 2. The second kappa shape index (κ2) is 5.95. The fourth-order valence-electron chi connectivity index (χ4n) is 3.15. The molecule has 0 spiro atoms. The lowest BCUT2D eigenvalue weighted by atomic mass is 9.89. The molecule has 2 heterocycles. The van der Waals surface area contributed by atoms with Crippen molar-refractivity contribution >= 4 is 5.91 Å². The highest BCUT2D eigenvalue weighted by Gasteiger charge is 2.27. The third kappa shape index (κ3) is 2.88. The molecule has 0 saturated heterocycles. The number of benzene rings is 1. The summed E-state index contributed by atoms with van der Waals surface area (Å²) in [4.78, 5) is 19.8. The van der Waals surface area contributed by atoms with E-state index in [-0.39, 0.29) is 17.9 Å². The number of nitrogens with zero attached hydrogens (tertiary/aromatic N) is 1. The molecule has 120 valence electrons. The van der Waals surface area contributed by atoms with Crippen LogP contribution in [-0.4, -0.2) is 35.1 Å². The molecule has 4 rings (SSSR count). The number of hydrogen-bond acceptors (Lipinski definition) is 4. The van der Waals surface area contributed by atoms with Crippen molar-refractivity contribution < 1.29 is 14.3 Å². The molecule has 2 N–H and O–H groups in total. The largest absolute Gasteiger partial charge is 0.486 e. The summed E-state index contributed by atoms with van der Waals surface area (Å²) in [5, 5.41) is 3.00. The average molecular weight is 313 g/mol. The highest BCUT2D eigenvalue weighted by molar-refractivity contribution is 5.79. The highest BCUT2D eigenvalue weighted by Crippen LogP contribution is 2.30. The van der Waals surface area contributed by atoms with Crippen LogP contribution in [0.5, 0.6) is 11.5 Å². The van der Waals surface area contributed by atoms with Crippen LogP contribution in [0.4, 0.5) is 0 Å². The van der Waals surface area contributed by atoms with Gasteiger partial charge in [-0.3, -0.25) is 4.79 Å². The van der Waals surface area contributed by atoms with Crippen LogP contribution in [0, 0.1) is 5.92 Å². The molecule has 1 aromatic carbocycles. The van der Waals surface area contributed by atoms with Gasteiger partial charge in [-0.25, -0.2) is 4.98 Å². The molecule has 0 unspecified atom stereocenters. The summed E-state index contributed by atoms with van der Waals surface area (Å²) in [5.74, 6) is 1.57. The van der Waals surface area contributed by atoms with Gasteiger partial charge in [-0.15, -0.1) is 0 Å². The predicted molar refractivity (Wildman–Crippen MR) is 83.5 cm³/mol. The first-order chi connectivity index (χ1) is 11.3. The zero-order valence-corrected chi connectivity index (χ0v) is 12.7. The van der Waals surface area contributed by atoms with E-state index in [0.29, 0.717) is 13.2 Å². The Balaban J connectivity index is 1.31. The number of ether oxygens (including phenoxy) is 2. The summed E-state index contributed by atoms with van der Waals surface area (Å²) in [7, 11) is 0. The zero-order valence-electron chi connectivity index (χ0n) is 12.7. The van der Waals surface area contributed by atoms with Gasteiger partial charge in [-0.05, 0) is 25.0 Å². The third-order valence-corrected chi connectivity index (χ3v) is 4.43. The first-order valence-corrected chi connectivity index (χ1v) is 7.97. The number of imidazole rings is 1. The van der Waals surface area contributed by atoms with Crippen LogP contribution < -0.4 is 14.8 Å². The Bertz CT molecular complexity index is 713. The number of hydrogen-bond donors (Lipinski definition) is 2. The SMILES string of the molecule is O=C(NC[C@@H]1COc2ccccc2O1)[C@H]1CCc2nc[nH]c2C1. The van der Waals surface area contributed by atoms with Gasteiger partial charge in [0.25, 0.3) is 0 Å². The van der Waals surface area contributed by atoms with Crippen LogP contribution >= 0.6 is 0 Å². The van der Waals surface area contributed by atoms with Crippen LogP contribution in [-0.2, 0) is 17.6 Å². The monoisotopic (exact) mass is 313 g/mol. The van der Waals surface area contributed by atoms with Gasteiger partial charge < -0.3 is 19.8 Å². The lowest BCUT2D eigenvalue weighted by Gasteiger charge is -2.27. The number of H-pyrrole nitrogens is 1. The van der Waals surface area contributed by atoms with Crippen molar-refractivity contribution in [1.29, 1.82) is 0 Å². The number of amides is 1. The van der Waals surface area contributed by atoms with E-state index in [1.807, 2.05) is 24.3 Å². The zero-order chi connectivity index (χ0) is 15.6. The van der Waals surface area contributed by atoms with Gasteiger partial charge in [0.2, 0.25) is 5.91 Å². The van der Waals surface area contributed by atoms with Crippen LogP contribution in [0.3, 0.4) is 0 Å². The number of aryl methyl sites for hydroxylation is 1. The number of rotatable bonds is 3. The van der Waals surface area contributed by atoms with Gasteiger partial charge in [-0.1, -0.05) is 12.1 Å². The van der Waals surface area contributed by atoms with Crippen molar-refractivity contribution in [2.75, 3.05) is 13.2 Å². The maximum absolute atomic E-state index is 12.4. The van der Waals surface area contributed by atoms with E-state index >= 15 is 0 Å². The molecule has 1 amide bonds. The lowest BCUT2D eigenvalue weighted by molar-refractivity contribution is -0.125. The second-order valence-electron chi connectivity index (χ2n) is 6.01. The molecular formula is C17H19N3O3. The number of para-hydroxylation sites is 2. The summed E-state index contributed by atoms with van der Waals surface area (Å²) < 4.78 is 11.5. The highest BCUT2D eigenvalue weighted by atomic mass is 16.6. The summed E-state index contributed by atoms with van der Waals surface area (Å²) >= 11 is 0. The third-order valence-electron chi connectivity index (χ3n) is 4.43. The van der Waals surface area contributed by atoms with E-state index in [4.69, 9.17) is 9.47 Å². The molecule has 2 atom stereocenters. The Hall–Kier alpha value is -2.50. The van der Waals surface area contributed by atoms with E-state index in [2.05, 4.69) is 15.3 Å². The molecule has 2 aliphatic rings. The molecule has 1 aliphatic heterocycles. The molecule has 1 aromatic heterocycles. The fraction of sp³-hybridized carbons (Fsp3) is 0.412. The molecule has 6 heteroatoms. The van der Waals surface area contributed by atoms with E-state index in [1.165, 1.54) is 0 Å². The first kappa shape index (κ1) is 14.1. The Labute approximate surface area is 134 Å². The Kier molecular flexibility index (Phi) is 3.65. The minimum atomic E-state index is -0.153. The molecule has 0 radical (unpaired) electrons. The number of fused-ring (bicyclic) bond motifs is 2. The Morgan fingerprint density at radius 3 is 3.13 bits per heavy atom. The van der Waals surface area contributed by atoms with Gasteiger partial charge in [0.1, 0.15) is 12.7 Å². The molecule has 23 heavy (non-hydrogen) atoms. The van der Waals surface area contributed by atoms with Crippen LogP contribution in [0.2, 0.25) is 0 Å². The normalized spacial score (nSPS) is 22.3. The van der Waals surface area contributed by atoms with Crippen molar-refractivity contribution in [1.82, 2.24) is 15.3 Å². The molecule has 0 saturated carbocycles. The van der Waals surface area contributed by atoms with Crippen molar-refractivity contribution in [3.63, 3.8) is 0 Å². The molecule has 2 aromatic rings. The molecule has 1 aliphatic carbocycles. The quantitative estimate of drug-likeness (QED) is 0.900. The number of carbonyl (C=O) groups is 1. The Morgan fingerprint density at radius 2 is 2.22 bits per heavy atom. The number of carbonyl (C=O) groups excluding carboxylic acids is 1. The van der Waals surface area contributed by atoms with Gasteiger partial charge in [0.05, 0.1) is 18.6 Å². The smallest absolute Gasteiger partial charge is 0.223 e. The van der Waals surface area contributed by atoms with Gasteiger partial charge in [0, 0.05) is 18.0 Å². The van der Waals surface area contributed by atoms with Crippen molar-refractivity contribution in [3.05, 3.63) is 42.0 Å². The summed E-state index contributed by atoms with van der Waals surface area (Å²) in [5.41, 5.74) is 2.18. The minimum Gasteiger partial charge on any atom is -0.486 e. The number of aromatic amines is 1. The maximum Gasteiger partial charge on any atom is 0.223 e. The van der Waals surface area contributed by atoms with E-state index in [9.17, 15) is 4.79 Å². The first-order valence-electron chi connectivity index (χ1n) is 7.97. The standard InChI is InChI=1S/C17H19N3O3/c21-17(11-5-6-13-14(7-11)20-10-19-13)18-8-12-9-22-15-3-1-2-4-16(15)23-12/h1-4,10-12H,5-9H2,(H,18,21)(H,19,20)/t11-,12+/m0/s1. The van der Waals surface area contributed by atoms with Crippen molar-refractivity contribution in [2.45, 2.75) is 25.4 Å². The van der Waals surface area contributed by atoms with Crippen LogP contribution in [0.15, 0.2) is 30.6 Å². The lowest BCUT2D eigenvalue weighted by Crippen LogP contribution is -2.43. The Morgan fingerprint density at radius 1 is 1.35 bits per heavy atom. The van der Waals surface area contributed by atoms with E-state index in [0.717, 1.165) is 42.1 Å². The molecule has 0 fully saturated rings. The summed E-state index contributed by atoms with van der Waals surface area (Å²) in [6.45, 7) is 0.909. The van der Waals surface area contributed by atoms with E-state index in [1.54, 1.807) is 6.33 Å². The second-order valence-corrected chi connectivity index (χ2v) is 6.01. The van der Waals surface area contributed by atoms with Crippen molar-refractivity contribution in [3.8, 4) is 11.5 Å². The van der Waals surface area contributed by atoms with Gasteiger partial charge in [0.15, 0.2) is 11.5 Å². The van der Waals surface area contributed by atoms with E-state index < -0.39 is 0 Å². The van der Waals surface area contributed by atoms with Gasteiger partial charge in [-0.2, -0.15) is 0 Å². The fourth-order valence-corrected chi connectivity index (χ4v) is 3.15. The summed E-state index contributed by atoms with van der Waals surface area (Å²) in [6.07, 6.45) is 3.98. The van der Waals surface area contributed by atoms with Gasteiger partial charge >= 0.3 is 0 Å². The number of nitrogens with one attached hydrogen (secondary N) is 2. The maximum atomic E-state index is 12.4. The molecular weight excluding hydrogens is 294 g/mol. The summed E-state index contributed by atoms with van der Waals surface area (Å²) in [6, 6.07) is 7.59. The predicted octanol–water partition coefficient (Wildman–Crippen LogP) is 1.47.